The Bertz CT molecular complexity index is 254. The fourth-order valence-electron chi connectivity index (χ4n) is 6.47. The van der Waals surface area contributed by atoms with E-state index >= 15 is 0 Å². The number of nitrogens with two attached hydrogens (primary N) is 2. The van der Waals surface area contributed by atoms with Gasteiger partial charge in [-0.15, -0.1) is 0 Å². The van der Waals surface area contributed by atoms with E-state index in [0.29, 0.717) is 11.5 Å². The molecule has 6 rings (SSSR count). The predicted molar refractivity (Wildman–Crippen MR) is 43.9 cm³/mol. The maximum Gasteiger partial charge on any atom is 0.0229 e. The molecule has 0 aromatic carbocycles. The van der Waals surface area contributed by atoms with E-state index in [9.17, 15) is 0 Å². The largest absolute Gasteiger partial charge is 0.329 e. The second-order valence-electron chi connectivity index (χ2n) is 5.73. The summed E-state index contributed by atoms with van der Waals surface area (Å²) < 4.78 is 0. The van der Waals surface area contributed by atoms with Gasteiger partial charge in [-0.3, -0.25) is 0 Å². The summed E-state index contributed by atoms with van der Waals surface area (Å²) in [6.45, 7) is 0.723. The van der Waals surface area contributed by atoms with Crippen molar-refractivity contribution in [3.63, 3.8) is 0 Å². The van der Waals surface area contributed by atoms with Crippen LogP contribution in [0.2, 0.25) is 0 Å². The molecular weight excluding hydrogens is 148 g/mol. The second-order valence-corrected chi connectivity index (χ2v) is 5.73. The molecule has 0 spiro atoms. The van der Waals surface area contributed by atoms with E-state index in [1.165, 1.54) is 5.92 Å². The zero-order valence-electron chi connectivity index (χ0n) is 6.98. The van der Waals surface area contributed by atoms with Gasteiger partial charge in [-0.2, -0.15) is 0 Å². The van der Waals surface area contributed by atoms with Crippen LogP contribution in [-0.4, -0.2) is 12.6 Å². The second kappa shape index (κ2) is 1.12. The highest BCUT2D eigenvalue weighted by molar-refractivity contribution is 5.51. The topological polar surface area (TPSA) is 52.0 Å². The van der Waals surface area contributed by atoms with Gasteiger partial charge in [0.25, 0.3) is 0 Å². The highest BCUT2D eigenvalue weighted by Gasteiger charge is 3.04. The highest BCUT2D eigenvalue weighted by Crippen LogP contribution is 3.06. The van der Waals surface area contributed by atoms with Gasteiger partial charge in [0, 0.05) is 12.6 Å². The smallest absolute Gasteiger partial charge is 0.0229 e. The molecule has 6 aliphatic rings. The summed E-state index contributed by atoms with van der Waals surface area (Å²) >= 11 is 0. The van der Waals surface area contributed by atoms with Crippen LogP contribution in [0.5, 0.6) is 0 Å². The molecule has 0 heterocycles. The molecule has 6 fully saturated rings. The molecule has 6 saturated carbocycles. The molecular formula is C10H14N2. The molecule has 0 bridgehead atoms. The van der Waals surface area contributed by atoms with Crippen molar-refractivity contribution in [2.24, 2.45) is 58.3 Å². The summed E-state index contributed by atoms with van der Waals surface area (Å²) in [4.78, 5) is 0. The Labute approximate surface area is 71.7 Å². The molecule has 1 atom stereocenters. The third-order valence-corrected chi connectivity index (χ3v) is 6.45. The van der Waals surface area contributed by atoms with Gasteiger partial charge in [0.1, 0.15) is 0 Å². The van der Waals surface area contributed by atoms with Crippen molar-refractivity contribution in [3.05, 3.63) is 0 Å². The van der Waals surface area contributed by atoms with Crippen LogP contribution in [0, 0.1) is 46.8 Å². The Hall–Kier alpha value is -0.0800. The Kier molecular flexibility index (Phi) is 0.525. The molecule has 64 valence electrons. The van der Waals surface area contributed by atoms with E-state index in [-0.39, 0.29) is 0 Å². The summed E-state index contributed by atoms with van der Waals surface area (Å²) in [6, 6.07) is 0.350. The third kappa shape index (κ3) is 0.206. The molecule has 4 N–H and O–H groups in total. The first-order valence-corrected chi connectivity index (χ1v) is 5.30. The molecule has 0 saturated heterocycles. The zero-order valence-corrected chi connectivity index (χ0v) is 6.98. The van der Waals surface area contributed by atoms with Crippen LogP contribution < -0.4 is 11.5 Å². The molecule has 0 aromatic rings. The zero-order chi connectivity index (χ0) is 7.83. The molecule has 6 aliphatic carbocycles. The first-order valence-electron chi connectivity index (χ1n) is 5.30. The van der Waals surface area contributed by atoms with E-state index in [4.69, 9.17) is 11.5 Å². The molecule has 12 heavy (non-hydrogen) atoms. The maximum absolute atomic E-state index is 6.14. The van der Waals surface area contributed by atoms with Gasteiger partial charge in [-0.25, -0.2) is 0 Å². The average Bonchev–Trinajstić information content (AvgIpc) is 2.17. The average molecular weight is 162 g/mol. The molecule has 0 radical (unpaired) electrons. The lowest BCUT2D eigenvalue weighted by atomic mass is 8.96. The van der Waals surface area contributed by atoms with Crippen LogP contribution in [-0.2, 0) is 0 Å². The third-order valence-electron chi connectivity index (χ3n) is 6.45. The molecule has 0 aliphatic heterocycles. The van der Waals surface area contributed by atoms with Gasteiger partial charge in [0.05, 0.1) is 0 Å². The summed E-state index contributed by atoms with van der Waals surface area (Å²) in [6.07, 6.45) is 0. The van der Waals surface area contributed by atoms with Gasteiger partial charge in [-0.05, 0) is 46.8 Å². The highest BCUT2D eigenvalue weighted by atomic mass is 15.1. The quantitative estimate of drug-likeness (QED) is 0.582. The Morgan fingerprint density at radius 2 is 1.50 bits per heavy atom. The molecule has 0 amide bonds. The normalized spacial score (nSPS) is 85.0. The molecule has 2 heteroatoms. The van der Waals surface area contributed by atoms with Crippen LogP contribution in [0.3, 0.4) is 0 Å². The van der Waals surface area contributed by atoms with Crippen molar-refractivity contribution in [1.82, 2.24) is 0 Å². The number of hydrogen-bond acceptors (Lipinski definition) is 2. The van der Waals surface area contributed by atoms with Crippen molar-refractivity contribution in [1.29, 1.82) is 0 Å². The maximum atomic E-state index is 6.14. The Morgan fingerprint density at radius 1 is 1.00 bits per heavy atom. The van der Waals surface area contributed by atoms with Gasteiger partial charge in [0.2, 0.25) is 0 Å². The van der Waals surface area contributed by atoms with E-state index < -0.39 is 0 Å². The van der Waals surface area contributed by atoms with Gasteiger partial charge in [-0.1, -0.05) is 0 Å². The van der Waals surface area contributed by atoms with Crippen molar-refractivity contribution in [2.45, 2.75) is 6.04 Å². The van der Waals surface area contributed by atoms with Gasteiger partial charge in [0.15, 0.2) is 0 Å². The number of hydrogen-bond donors (Lipinski definition) is 2. The molecule has 2 nitrogen and oxygen atoms in total. The lowest BCUT2D eigenvalue weighted by Gasteiger charge is -3.08. The summed E-state index contributed by atoms with van der Waals surface area (Å²) in [5.74, 6) is 7.88. The SMILES string of the molecule is NCC(N)C12C3C4C5C3C1C5C42. The van der Waals surface area contributed by atoms with Crippen molar-refractivity contribution in [3.8, 4) is 0 Å². The summed E-state index contributed by atoms with van der Waals surface area (Å²) in [5, 5.41) is 0. The van der Waals surface area contributed by atoms with Crippen molar-refractivity contribution >= 4 is 0 Å². The minimum absolute atomic E-state index is 0.350. The van der Waals surface area contributed by atoms with Crippen molar-refractivity contribution in [2.75, 3.05) is 6.54 Å². The van der Waals surface area contributed by atoms with E-state index in [0.717, 1.165) is 42.1 Å². The number of rotatable bonds is 2. The first kappa shape index (κ1) is 5.61. The monoisotopic (exact) mass is 162 g/mol. The van der Waals surface area contributed by atoms with E-state index in [2.05, 4.69) is 0 Å². The van der Waals surface area contributed by atoms with Crippen molar-refractivity contribution < 1.29 is 0 Å². The molecule has 0 aromatic heterocycles. The lowest BCUT2D eigenvalue weighted by Crippen LogP contribution is -3.07. The fraction of sp³-hybridized carbons (Fsp3) is 1.00. The Morgan fingerprint density at radius 3 is 1.92 bits per heavy atom. The van der Waals surface area contributed by atoms with E-state index in [1.807, 2.05) is 0 Å². The van der Waals surface area contributed by atoms with Gasteiger partial charge < -0.3 is 11.5 Å². The summed E-state index contributed by atoms with van der Waals surface area (Å²) in [5.41, 5.74) is 12.5. The van der Waals surface area contributed by atoms with Crippen LogP contribution >= 0.6 is 0 Å². The summed E-state index contributed by atoms with van der Waals surface area (Å²) in [7, 11) is 0. The Balaban J connectivity index is 1.63. The first-order chi connectivity index (χ1) is 5.85. The minimum atomic E-state index is 0.350. The van der Waals surface area contributed by atoms with Crippen LogP contribution in [0.4, 0.5) is 0 Å². The van der Waals surface area contributed by atoms with Crippen LogP contribution in [0.25, 0.3) is 0 Å². The predicted octanol–water partition coefficient (Wildman–Crippen LogP) is -0.360. The molecule has 1 unspecified atom stereocenters. The minimum Gasteiger partial charge on any atom is -0.329 e. The standard InChI is InChI=1S/C10H14N2/c11-1-2(12)10-7-4-3-5(7)9(10)6(3)8(4)10/h2-9H,1,11-12H2. The van der Waals surface area contributed by atoms with Crippen LogP contribution in [0.1, 0.15) is 0 Å². The van der Waals surface area contributed by atoms with Crippen LogP contribution in [0.15, 0.2) is 0 Å². The lowest BCUT2D eigenvalue weighted by molar-refractivity contribution is -0.618. The van der Waals surface area contributed by atoms with Gasteiger partial charge >= 0.3 is 0 Å². The van der Waals surface area contributed by atoms with E-state index in [1.54, 1.807) is 0 Å². The fourth-order valence-corrected chi connectivity index (χ4v) is 6.47.